The summed E-state index contributed by atoms with van der Waals surface area (Å²) in [7, 11) is 1.73. The maximum atomic E-state index is 13.5. The third-order valence-corrected chi connectivity index (χ3v) is 10.6. The lowest BCUT2D eigenvalue weighted by molar-refractivity contribution is -0.136. The van der Waals surface area contributed by atoms with Gasteiger partial charge >= 0.3 is 0 Å². The summed E-state index contributed by atoms with van der Waals surface area (Å²) in [6.07, 6.45) is 0.0944. The fourth-order valence-corrected chi connectivity index (χ4v) is 7.51. The van der Waals surface area contributed by atoms with Crippen LogP contribution < -0.4 is 36.0 Å². The molecule has 2 aliphatic rings. The molecule has 1 atom stereocenters. The molecule has 334 valence electrons. The molecule has 0 saturated carbocycles. The predicted octanol–water partition coefficient (Wildman–Crippen LogP) is 5.23. The number of imide groups is 2. The number of benzene rings is 4. The van der Waals surface area contributed by atoms with Gasteiger partial charge < -0.3 is 43.9 Å². The molecule has 18 heteroatoms. The lowest BCUT2D eigenvalue weighted by Crippen LogP contribution is -2.54. The molecule has 17 nitrogen and oxygen atoms in total. The molecule has 1 saturated heterocycles. The number of rotatable bonds is 21. The first-order chi connectivity index (χ1) is 31.0. The Labute approximate surface area is 371 Å². The van der Waals surface area contributed by atoms with Gasteiger partial charge in [-0.2, -0.15) is 0 Å². The van der Waals surface area contributed by atoms with Crippen LogP contribution in [0.15, 0.2) is 82.0 Å². The zero-order chi connectivity index (χ0) is 45.3. The summed E-state index contributed by atoms with van der Waals surface area (Å²) in [5.74, 6) is -1.57. The van der Waals surface area contributed by atoms with Crippen LogP contribution in [-0.2, 0) is 23.8 Å². The van der Waals surface area contributed by atoms with E-state index in [2.05, 4.69) is 10.6 Å². The largest absolute Gasteiger partial charge is 0.493 e. The Hall–Kier alpha value is -6.79. The molecule has 0 bridgehead atoms. The van der Waals surface area contributed by atoms with Gasteiger partial charge in [0.05, 0.1) is 67.8 Å². The van der Waals surface area contributed by atoms with Gasteiger partial charge in [-0.15, -0.1) is 0 Å². The number of anilines is 1. The first kappa shape index (κ1) is 45.2. The average Bonchev–Trinajstić information content (AvgIpc) is 3.53. The Bertz CT molecular complexity index is 2670. The molecule has 4 N–H and O–H groups in total. The molecule has 0 radical (unpaired) electrons. The van der Waals surface area contributed by atoms with Gasteiger partial charge in [-0.25, -0.2) is 0 Å². The Morgan fingerprint density at radius 3 is 2.19 bits per heavy atom. The van der Waals surface area contributed by atoms with E-state index in [1.807, 2.05) is 13.0 Å². The van der Waals surface area contributed by atoms with Gasteiger partial charge in [0.25, 0.3) is 11.8 Å². The van der Waals surface area contributed by atoms with E-state index in [0.29, 0.717) is 81.9 Å². The third kappa shape index (κ3) is 10.2. The quantitative estimate of drug-likeness (QED) is 0.0634. The van der Waals surface area contributed by atoms with E-state index >= 15 is 0 Å². The van der Waals surface area contributed by atoms with Crippen LogP contribution in [0.5, 0.6) is 17.2 Å². The Balaban J connectivity index is 0.819. The van der Waals surface area contributed by atoms with Crippen LogP contribution in [0.4, 0.5) is 5.69 Å². The summed E-state index contributed by atoms with van der Waals surface area (Å²) in [4.78, 5) is 76.5. The molecule has 2 aliphatic heterocycles. The molecular weight excluding hydrogens is 852 g/mol. The molecule has 0 spiro atoms. The van der Waals surface area contributed by atoms with E-state index in [-0.39, 0.29) is 73.9 Å². The third-order valence-electron chi connectivity index (χ3n) is 10.3. The Morgan fingerprint density at radius 2 is 1.52 bits per heavy atom. The van der Waals surface area contributed by atoms with Crippen LogP contribution in [0, 0.1) is 0 Å². The number of fused-ring (bicyclic) bond motifs is 2. The van der Waals surface area contributed by atoms with Gasteiger partial charge in [-0.1, -0.05) is 17.7 Å². The molecular formula is C46H45ClN4O13. The summed E-state index contributed by atoms with van der Waals surface area (Å²) in [6, 6.07) is 18.4. The smallest absolute Gasteiger partial charge is 0.266 e. The van der Waals surface area contributed by atoms with Crippen LogP contribution in [0.2, 0.25) is 5.02 Å². The Morgan fingerprint density at radius 1 is 0.797 bits per heavy atom. The van der Waals surface area contributed by atoms with Crippen molar-refractivity contribution >= 4 is 57.8 Å². The minimum Gasteiger partial charge on any atom is -0.493 e. The van der Waals surface area contributed by atoms with Crippen molar-refractivity contribution in [3.8, 4) is 39.7 Å². The zero-order valence-corrected chi connectivity index (χ0v) is 35.7. The first-order valence-corrected chi connectivity index (χ1v) is 20.9. The normalized spacial score (nSPS) is 14.7. The SMILES string of the molecule is CCOc1cc2oc(-c3ccc(OCCOCCOCCOCCOc4cccc5c4C(=O)N(C4CCC(=O)NC4=O)C5=O)cc3Cl)cc(=O)c2cc1-c1cc(NC)cc(C(N)=O)c1. The van der Waals surface area contributed by atoms with Crippen molar-refractivity contribution in [3.05, 3.63) is 105 Å². The summed E-state index contributed by atoms with van der Waals surface area (Å²) in [5, 5.41) is 5.82. The van der Waals surface area contributed by atoms with Crippen molar-refractivity contribution in [2.24, 2.45) is 5.73 Å². The van der Waals surface area contributed by atoms with E-state index < -0.39 is 35.6 Å². The van der Waals surface area contributed by atoms with Crippen molar-refractivity contribution in [1.29, 1.82) is 0 Å². The van der Waals surface area contributed by atoms with Crippen LogP contribution in [0.1, 0.15) is 50.8 Å². The molecule has 7 rings (SSSR count). The maximum Gasteiger partial charge on any atom is 0.266 e. The summed E-state index contributed by atoms with van der Waals surface area (Å²) in [6.45, 7) is 4.21. The number of piperidine rings is 1. The van der Waals surface area contributed by atoms with Crippen LogP contribution in [-0.4, -0.2) is 107 Å². The molecule has 5 amide bonds. The van der Waals surface area contributed by atoms with Gasteiger partial charge in [0.1, 0.15) is 47.8 Å². The molecule has 1 unspecified atom stereocenters. The van der Waals surface area contributed by atoms with Gasteiger partial charge in [-0.3, -0.25) is 39.0 Å². The fraction of sp³-hybridized carbons (Fsp3) is 0.304. The maximum absolute atomic E-state index is 13.5. The van der Waals surface area contributed by atoms with Crippen molar-refractivity contribution in [3.63, 3.8) is 0 Å². The number of hydrogen-bond donors (Lipinski definition) is 3. The number of nitrogens with zero attached hydrogens (tertiary/aromatic N) is 1. The second-order valence-electron chi connectivity index (χ2n) is 14.5. The lowest BCUT2D eigenvalue weighted by Gasteiger charge is -2.27. The molecule has 64 heavy (non-hydrogen) atoms. The predicted molar refractivity (Wildman–Crippen MR) is 234 cm³/mol. The number of primary amides is 1. The minimum atomic E-state index is -1.06. The monoisotopic (exact) mass is 896 g/mol. The highest BCUT2D eigenvalue weighted by molar-refractivity contribution is 6.33. The van der Waals surface area contributed by atoms with Crippen molar-refractivity contribution in [1.82, 2.24) is 10.2 Å². The molecule has 4 aromatic carbocycles. The molecule has 5 aromatic rings. The van der Waals surface area contributed by atoms with Gasteiger partial charge in [0.15, 0.2) is 5.43 Å². The number of halogens is 1. The number of amides is 5. The molecule has 1 fully saturated rings. The number of carbonyl (C=O) groups is 5. The highest BCUT2D eigenvalue weighted by atomic mass is 35.5. The second kappa shape index (κ2) is 20.6. The Kier molecular flexibility index (Phi) is 14.6. The number of nitrogens with two attached hydrogens (primary N) is 1. The van der Waals surface area contributed by atoms with Crippen molar-refractivity contribution in [2.45, 2.75) is 25.8 Å². The van der Waals surface area contributed by atoms with E-state index in [1.54, 1.807) is 61.6 Å². The summed E-state index contributed by atoms with van der Waals surface area (Å²) < 4.78 is 40.4. The average molecular weight is 897 g/mol. The highest BCUT2D eigenvalue weighted by Gasteiger charge is 2.46. The van der Waals surface area contributed by atoms with Crippen molar-refractivity contribution < 1.29 is 56.8 Å². The first-order valence-electron chi connectivity index (χ1n) is 20.5. The number of nitrogens with one attached hydrogen (secondary N) is 2. The van der Waals surface area contributed by atoms with Gasteiger partial charge in [0, 0.05) is 48.0 Å². The standard InChI is InChI=1S/C46H45ClN4O13/c1-3-61-38-25-40-33(23-32(38)26-19-27(43(48)54)21-28(20-26)49-2)36(52)24-39(64-40)30-8-7-29(22-34(30)47)62-17-15-59-13-11-58-12-14-60-16-18-63-37-6-4-5-31-42(37)46(57)51(45(31)56)35-9-10-41(53)50-44(35)55/h4-8,19-25,35,49H,3,9-18H2,1-2H3,(H2,48,54)(H,50,53,55). The van der Waals surface area contributed by atoms with Gasteiger partial charge in [0.2, 0.25) is 17.7 Å². The van der Waals surface area contributed by atoms with Crippen molar-refractivity contribution in [2.75, 3.05) is 71.8 Å². The van der Waals surface area contributed by atoms with Crippen LogP contribution >= 0.6 is 11.6 Å². The fourth-order valence-electron chi connectivity index (χ4n) is 7.25. The molecule has 0 aliphatic carbocycles. The highest BCUT2D eigenvalue weighted by Crippen LogP contribution is 2.38. The minimum absolute atomic E-state index is 0.0313. The lowest BCUT2D eigenvalue weighted by atomic mass is 9.98. The van der Waals surface area contributed by atoms with Crippen LogP contribution in [0.3, 0.4) is 0 Å². The molecule has 3 heterocycles. The number of carbonyl (C=O) groups excluding carboxylic acids is 5. The van der Waals surface area contributed by atoms with E-state index in [4.69, 9.17) is 50.2 Å². The summed E-state index contributed by atoms with van der Waals surface area (Å²) >= 11 is 6.65. The van der Waals surface area contributed by atoms with E-state index in [0.717, 1.165) is 4.90 Å². The second-order valence-corrected chi connectivity index (χ2v) is 14.9. The van der Waals surface area contributed by atoms with Gasteiger partial charge in [-0.05, 0) is 73.5 Å². The zero-order valence-electron chi connectivity index (χ0n) is 35.0. The van der Waals surface area contributed by atoms with Crippen LogP contribution in [0.25, 0.3) is 33.4 Å². The molecule has 1 aromatic heterocycles. The topological polar surface area (TPSA) is 224 Å². The number of ether oxygens (including phenoxy) is 6. The van der Waals surface area contributed by atoms with E-state index in [9.17, 15) is 28.8 Å². The van der Waals surface area contributed by atoms with E-state index in [1.165, 1.54) is 12.1 Å². The summed E-state index contributed by atoms with van der Waals surface area (Å²) in [5.41, 5.74) is 8.46. The number of hydrogen-bond acceptors (Lipinski definition) is 14.